The maximum atomic E-state index is 12.7. The van der Waals surface area contributed by atoms with Gasteiger partial charge in [0.1, 0.15) is 5.75 Å². The normalized spacial score (nSPS) is 18.7. The maximum absolute atomic E-state index is 12.7. The van der Waals surface area contributed by atoms with Crippen molar-refractivity contribution in [3.05, 3.63) is 58.1 Å². The van der Waals surface area contributed by atoms with E-state index in [0.29, 0.717) is 43.1 Å². The summed E-state index contributed by atoms with van der Waals surface area (Å²) in [5.74, 6) is 2.03. The van der Waals surface area contributed by atoms with E-state index in [-0.39, 0.29) is 28.7 Å². The van der Waals surface area contributed by atoms with Crippen molar-refractivity contribution in [3.63, 3.8) is 0 Å². The number of hydrogen-bond donors (Lipinski definition) is 0. The van der Waals surface area contributed by atoms with Gasteiger partial charge in [0, 0.05) is 38.2 Å². The molecule has 0 N–H and O–H groups in total. The maximum Gasteiger partial charge on any atom is 0.277 e. The number of carbonyl (C=O) groups excluding carboxylic acids is 1. The van der Waals surface area contributed by atoms with Crippen molar-refractivity contribution >= 4 is 11.6 Å². The fraction of sp³-hybridized carbons (Fsp3) is 0.500. The minimum Gasteiger partial charge on any atom is -0.494 e. The van der Waals surface area contributed by atoms with Gasteiger partial charge in [0.15, 0.2) is 11.5 Å². The van der Waals surface area contributed by atoms with Gasteiger partial charge in [-0.15, -0.1) is 0 Å². The molecule has 2 fully saturated rings. The number of piperidine rings is 1. The second-order valence-corrected chi connectivity index (χ2v) is 9.70. The number of amides is 1. The Hall–Kier alpha value is -3.33. The van der Waals surface area contributed by atoms with Gasteiger partial charge in [-0.3, -0.25) is 19.8 Å². The number of para-hydroxylation sites is 1. The summed E-state index contributed by atoms with van der Waals surface area (Å²) in [5, 5.41) is 11.6. The second kappa shape index (κ2) is 10.1. The molecular weight excluding hydrogens is 450 g/mol. The number of hydrogen-bond acceptors (Lipinski definition) is 7. The van der Waals surface area contributed by atoms with Gasteiger partial charge in [0.25, 0.3) is 5.69 Å². The lowest BCUT2D eigenvalue weighted by atomic mass is 9.77. The number of nitro groups is 1. The average Bonchev–Trinajstić information content (AvgIpc) is 3.49. The zero-order valence-electron chi connectivity index (χ0n) is 19.8. The van der Waals surface area contributed by atoms with Gasteiger partial charge in [0.05, 0.1) is 17.6 Å². The molecule has 3 aliphatic rings. The van der Waals surface area contributed by atoms with E-state index >= 15 is 0 Å². The highest BCUT2D eigenvalue weighted by Gasteiger charge is 2.41. The fourth-order valence-electron chi connectivity index (χ4n) is 5.40. The highest BCUT2D eigenvalue weighted by atomic mass is 16.7. The van der Waals surface area contributed by atoms with Crippen LogP contribution in [0, 0.1) is 15.5 Å². The lowest BCUT2D eigenvalue weighted by Crippen LogP contribution is -2.44. The van der Waals surface area contributed by atoms with Crippen LogP contribution >= 0.6 is 0 Å². The first-order valence-corrected chi connectivity index (χ1v) is 12.3. The molecule has 9 nitrogen and oxygen atoms in total. The van der Waals surface area contributed by atoms with Crippen LogP contribution in [-0.4, -0.2) is 60.2 Å². The number of fused-ring (bicyclic) bond motifs is 1. The first-order chi connectivity index (χ1) is 17.0. The quantitative estimate of drug-likeness (QED) is 0.320. The smallest absolute Gasteiger partial charge is 0.277 e. The molecule has 3 aliphatic heterocycles. The van der Waals surface area contributed by atoms with E-state index in [1.807, 2.05) is 35.2 Å². The van der Waals surface area contributed by atoms with Gasteiger partial charge < -0.3 is 19.1 Å². The predicted octanol–water partition coefficient (Wildman–Crippen LogP) is 4.00. The summed E-state index contributed by atoms with van der Waals surface area (Å²) in [5.41, 5.74) is 0.909. The Kier molecular flexibility index (Phi) is 6.77. The number of nitro benzene ring substituents is 1. The van der Waals surface area contributed by atoms with Crippen LogP contribution in [0.25, 0.3) is 0 Å². The molecule has 0 aromatic heterocycles. The van der Waals surface area contributed by atoms with Crippen LogP contribution in [-0.2, 0) is 11.3 Å². The van der Waals surface area contributed by atoms with E-state index in [2.05, 4.69) is 4.90 Å². The van der Waals surface area contributed by atoms with E-state index in [1.165, 1.54) is 6.07 Å². The highest BCUT2D eigenvalue weighted by molar-refractivity contribution is 5.76. The van der Waals surface area contributed by atoms with Gasteiger partial charge in [-0.1, -0.05) is 18.2 Å². The average molecular weight is 482 g/mol. The molecule has 0 atom stereocenters. The van der Waals surface area contributed by atoms with Crippen LogP contribution in [0.15, 0.2) is 42.5 Å². The van der Waals surface area contributed by atoms with E-state index in [0.717, 1.165) is 51.2 Å². The Labute approximate surface area is 204 Å². The van der Waals surface area contributed by atoms with Crippen LogP contribution in [0.4, 0.5) is 5.69 Å². The molecular formula is C26H31N3O6. The van der Waals surface area contributed by atoms with Gasteiger partial charge in [-0.25, -0.2) is 0 Å². The number of rotatable bonds is 8. The van der Waals surface area contributed by atoms with Crippen LogP contribution in [0.3, 0.4) is 0 Å². The SMILES string of the molecule is O=C(CCCOc1ccccc1)N1CCC2(CCN(Cc3cc4c(cc3[N+](=O)[O-])OCO4)C2)CC1. The van der Waals surface area contributed by atoms with E-state index in [4.69, 9.17) is 14.2 Å². The number of nitrogens with zero attached hydrogens (tertiary/aromatic N) is 3. The third-order valence-corrected chi connectivity index (χ3v) is 7.41. The summed E-state index contributed by atoms with van der Waals surface area (Å²) >= 11 is 0. The number of carbonyl (C=O) groups is 1. The molecule has 0 radical (unpaired) electrons. The zero-order chi connectivity index (χ0) is 24.3. The Morgan fingerprint density at radius 2 is 1.77 bits per heavy atom. The minimum absolute atomic E-state index is 0.0758. The molecule has 35 heavy (non-hydrogen) atoms. The Bertz CT molecular complexity index is 1070. The lowest BCUT2D eigenvalue weighted by Gasteiger charge is -2.39. The molecule has 3 heterocycles. The van der Waals surface area contributed by atoms with Crippen LogP contribution in [0.1, 0.15) is 37.7 Å². The van der Waals surface area contributed by atoms with E-state index < -0.39 is 0 Å². The van der Waals surface area contributed by atoms with Crippen molar-refractivity contribution in [2.24, 2.45) is 5.41 Å². The third-order valence-electron chi connectivity index (χ3n) is 7.41. The summed E-state index contributed by atoms with van der Waals surface area (Å²) in [6, 6.07) is 12.9. The molecule has 186 valence electrons. The van der Waals surface area contributed by atoms with Gasteiger partial charge in [0.2, 0.25) is 12.7 Å². The second-order valence-electron chi connectivity index (χ2n) is 9.70. The van der Waals surface area contributed by atoms with Crippen LogP contribution in [0.5, 0.6) is 17.2 Å². The van der Waals surface area contributed by atoms with E-state index in [1.54, 1.807) is 6.07 Å². The van der Waals surface area contributed by atoms with Gasteiger partial charge in [-0.05, 0) is 55.8 Å². The third kappa shape index (κ3) is 5.35. The Morgan fingerprint density at radius 1 is 1.06 bits per heavy atom. The number of ether oxygens (including phenoxy) is 3. The molecule has 0 saturated carbocycles. The zero-order valence-corrected chi connectivity index (χ0v) is 19.8. The molecule has 2 saturated heterocycles. The highest BCUT2D eigenvalue weighted by Crippen LogP contribution is 2.43. The molecule has 9 heteroatoms. The van der Waals surface area contributed by atoms with Crippen molar-refractivity contribution in [1.82, 2.24) is 9.80 Å². The van der Waals surface area contributed by atoms with Crippen LogP contribution in [0.2, 0.25) is 0 Å². The Morgan fingerprint density at radius 3 is 2.51 bits per heavy atom. The molecule has 2 aromatic carbocycles. The summed E-state index contributed by atoms with van der Waals surface area (Å²) in [6.07, 6.45) is 4.20. The van der Waals surface area contributed by atoms with Gasteiger partial charge in [-0.2, -0.15) is 0 Å². The lowest BCUT2D eigenvalue weighted by molar-refractivity contribution is -0.385. The molecule has 5 rings (SSSR count). The Balaban J connectivity index is 1.09. The summed E-state index contributed by atoms with van der Waals surface area (Å²) < 4.78 is 16.4. The minimum atomic E-state index is -0.349. The van der Waals surface area contributed by atoms with Gasteiger partial charge >= 0.3 is 0 Å². The molecule has 0 unspecified atom stereocenters. The predicted molar refractivity (Wildman–Crippen MR) is 129 cm³/mol. The summed E-state index contributed by atoms with van der Waals surface area (Å²) in [6.45, 7) is 4.49. The molecule has 2 aromatic rings. The first-order valence-electron chi connectivity index (χ1n) is 12.3. The first kappa shape index (κ1) is 23.4. The van der Waals surface area contributed by atoms with E-state index in [9.17, 15) is 14.9 Å². The van der Waals surface area contributed by atoms with Crippen molar-refractivity contribution in [3.8, 4) is 17.2 Å². The van der Waals surface area contributed by atoms with Crippen molar-refractivity contribution in [1.29, 1.82) is 0 Å². The number of likely N-dealkylation sites (tertiary alicyclic amines) is 2. The summed E-state index contributed by atoms with van der Waals surface area (Å²) in [4.78, 5) is 28.2. The topological polar surface area (TPSA) is 94.4 Å². The molecule has 0 aliphatic carbocycles. The largest absolute Gasteiger partial charge is 0.494 e. The molecule has 0 bridgehead atoms. The standard InChI is InChI=1S/C26H31N3O6/c30-25(7-4-14-33-21-5-2-1-3-6-21)28-12-9-26(10-13-28)8-11-27(18-26)17-20-15-23-24(35-19-34-23)16-22(20)29(31)32/h1-3,5-6,15-16H,4,7-14,17-19H2. The molecule has 1 amide bonds. The molecule has 1 spiro atoms. The van der Waals surface area contributed by atoms with Crippen molar-refractivity contribution in [2.45, 2.75) is 38.6 Å². The monoisotopic (exact) mass is 481 g/mol. The summed E-state index contributed by atoms with van der Waals surface area (Å²) in [7, 11) is 0. The number of benzene rings is 2. The fourth-order valence-corrected chi connectivity index (χ4v) is 5.40. The van der Waals surface area contributed by atoms with Crippen molar-refractivity contribution < 1.29 is 23.9 Å². The van der Waals surface area contributed by atoms with Crippen LogP contribution < -0.4 is 14.2 Å². The van der Waals surface area contributed by atoms with Crippen molar-refractivity contribution in [2.75, 3.05) is 39.6 Å².